The Balaban J connectivity index is 0.000000166. The van der Waals surface area contributed by atoms with E-state index in [0.717, 1.165) is 25.9 Å². The largest absolute Gasteiger partial charge is 0.414 e. The number of nitro groups is 1. The highest BCUT2D eigenvalue weighted by molar-refractivity contribution is 6.61. The Morgan fingerprint density at radius 2 is 1.35 bits per heavy atom. The Morgan fingerprint density at radius 1 is 0.833 bits per heavy atom. The standard InChI is InChI=1S/C21H24N4O4.C12H19N3O3.C7H4ClNO4/c1-2-15-4-3-5-16(14-15)22-19(27)24-10-8-21(9-11-24)18(26)25(20(28)23-21)17-6-12-29-13-7-17;16-10-12(3-5-13-6-4-12)14-11(17)15(10)9-1-7-18-8-2-9;8-7(10)13-6-3-1-5(2-4-6)9(11)12/h1,3-5,14,17H,6-13H2,(H,22,27)(H,23,28);9,13H,1-8H2,(H,14,17);1-4H. The third-order valence-corrected chi connectivity index (χ3v) is 11.5. The number of urea groups is 3. The van der Waals surface area contributed by atoms with Crippen molar-refractivity contribution in [3.63, 3.8) is 0 Å². The summed E-state index contributed by atoms with van der Waals surface area (Å²) in [5, 5.41) is 22.1. The number of imide groups is 2. The van der Waals surface area contributed by atoms with Gasteiger partial charge in [0.2, 0.25) is 0 Å². The smallest absolute Gasteiger partial charge is 0.409 e. The number of likely N-dealkylation sites (tertiary alicyclic amines) is 1. The van der Waals surface area contributed by atoms with E-state index in [2.05, 4.69) is 31.9 Å². The topological polar surface area (TPSA) is 231 Å². The fraction of sp³-hybridized carbons (Fsp3) is 0.500. The number of benzene rings is 2. The highest BCUT2D eigenvalue weighted by Gasteiger charge is 2.55. The van der Waals surface area contributed by atoms with Gasteiger partial charge in [-0.1, -0.05) is 12.0 Å². The number of piperidine rings is 2. The first-order valence-electron chi connectivity index (χ1n) is 19.8. The van der Waals surface area contributed by atoms with Crippen molar-refractivity contribution < 1.29 is 47.9 Å². The van der Waals surface area contributed by atoms with Crippen LogP contribution in [0.25, 0.3) is 0 Å². The van der Waals surface area contributed by atoms with Crippen LogP contribution in [0.15, 0.2) is 48.5 Å². The first-order chi connectivity index (χ1) is 28.8. The molecule has 6 heterocycles. The third kappa shape index (κ3) is 10.1. The van der Waals surface area contributed by atoms with Gasteiger partial charge in [0.05, 0.1) is 4.92 Å². The maximum atomic E-state index is 13.1. The van der Waals surface area contributed by atoms with Crippen LogP contribution in [-0.2, 0) is 19.1 Å². The fourth-order valence-electron chi connectivity index (χ4n) is 8.07. The van der Waals surface area contributed by atoms with Crippen LogP contribution in [0, 0.1) is 22.5 Å². The molecule has 6 fully saturated rings. The number of nitrogens with one attached hydrogen (secondary N) is 4. The van der Waals surface area contributed by atoms with Crippen molar-refractivity contribution in [3.8, 4) is 18.1 Å². The van der Waals surface area contributed by atoms with E-state index in [1.807, 2.05) is 0 Å². The molecule has 4 N–H and O–H groups in total. The van der Waals surface area contributed by atoms with Crippen LogP contribution in [0.1, 0.15) is 56.9 Å². The molecular weight excluding hydrogens is 804 g/mol. The number of amides is 8. The molecule has 0 atom stereocenters. The molecule has 2 aromatic rings. The van der Waals surface area contributed by atoms with E-state index in [1.54, 1.807) is 29.2 Å². The van der Waals surface area contributed by atoms with Crippen LogP contribution < -0.4 is 26.0 Å². The number of nitro benzene ring substituents is 1. The zero-order valence-electron chi connectivity index (χ0n) is 32.8. The van der Waals surface area contributed by atoms with Gasteiger partial charge in [0, 0.05) is 86.6 Å². The fourth-order valence-corrected chi connectivity index (χ4v) is 8.16. The van der Waals surface area contributed by atoms with E-state index in [4.69, 9.17) is 27.5 Å². The highest BCUT2D eigenvalue weighted by atomic mass is 35.5. The van der Waals surface area contributed by atoms with Gasteiger partial charge in [0.1, 0.15) is 16.8 Å². The second kappa shape index (κ2) is 19.5. The van der Waals surface area contributed by atoms with Gasteiger partial charge in [0.15, 0.2) is 0 Å². The Morgan fingerprint density at radius 3 is 1.83 bits per heavy atom. The number of halogens is 1. The highest BCUT2D eigenvalue weighted by Crippen LogP contribution is 2.33. The normalized spacial score (nSPS) is 21.2. The van der Waals surface area contributed by atoms with Crippen LogP contribution in [0.3, 0.4) is 0 Å². The Hall–Kier alpha value is -5.81. The van der Waals surface area contributed by atoms with Gasteiger partial charge in [-0.15, -0.1) is 6.42 Å². The molecule has 6 aliphatic heterocycles. The zero-order chi connectivity index (χ0) is 42.9. The number of carbonyl (C=O) groups excluding carboxylic acids is 6. The van der Waals surface area contributed by atoms with Gasteiger partial charge >= 0.3 is 23.5 Å². The summed E-state index contributed by atoms with van der Waals surface area (Å²) in [6.07, 6.45) is 10.4. The number of anilines is 1. The second-order valence-corrected chi connectivity index (χ2v) is 15.4. The van der Waals surface area contributed by atoms with Crippen LogP contribution in [0.5, 0.6) is 5.75 Å². The molecular formula is C40H47ClN8O11. The number of hydrogen-bond acceptors (Lipinski definition) is 12. The second-order valence-electron chi connectivity index (χ2n) is 15.0. The van der Waals surface area contributed by atoms with Crippen molar-refractivity contribution >= 4 is 58.3 Å². The van der Waals surface area contributed by atoms with Crippen molar-refractivity contribution in [2.24, 2.45) is 0 Å². The molecule has 320 valence electrons. The minimum absolute atomic E-state index is 0.0144. The van der Waals surface area contributed by atoms with Crippen molar-refractivity contribution in [2.75, 3.05) is 57.9 Å². The molecule has 2 aromatic carbocycles. The SMILES string of the molecule is C#Cc1cccc(NC(=O)N2CCC3(CC2)NC(=O)N(C2CCOCC2)C3=O)c1.O=C(Cl)Oc1ccc([N+](=O)[O-])cc1.O=C1NC2(CCNCC2)C(=O)N1C1CCOCC1. The van der Waals surface area contributed by atoms with Crippen LogP contribution in [0.2, 0.25) is 0 Å². The average Bonchev–Trinajstić information content (AvgIpc) is 3.63. The average molecular weight is 851 g/mol. The number of carbonyl (C=O) groups is 6. The summed E-state index contributed by atoms with van der Waals surface area (Å²) in [6.45, 7) is 4.73. The number of rotatable bonds is 5. The maximum Gasteiger partial charge on any atom is 0.409 e. The molecule has 0 saturated carbocycles. The number of hydrogen-bond donors (Lipinski definition) is 4. The molecule has 0 unspecified atom stereocenters. The lowest BCUT2D eigenvalue weighted by atomic mass is 9.87. The Bertz CT molecular complexity index is 1980. The summed E-state index contributed by atoms with van der Waals surface area (Å²) in [5.41, 5.74) is -1.28. The summed E-state index contributed by atoms with van der Waals surface area (Å²) in [5.74, 6) is 2.51. The van der Waals surface area contributed by atoms with Crippen LogP contribution >= 0.6 is 11.6 Å². The molecule has 0 aliphatic carbocycles. The lowest BCUT2D eigenvalue weighted by Crippen LogP contribution is -2.56. The van der Waals surface area contributed by atoms with Gasteiger partial charge < -0.3 is 40.4 Å². The zero-order valence-corrected chi connectivity index (χ0v) is 33.6. The van der Waals surface area contributed by atoms with E-state index < -0.39 is 21.4 Å². The molecule has 60 heavy (non-hydrogen) atoms. The predicted octanol–water partition coefficient (Wildman–Crippen LogP) is 3.94. The Kier molecular flexibility index (Phi) is 14.2. The summed E-state index contributed by atoms with van der Waals surface area (Å²) in [4.78, 5) is 87.2. The number of terminal acetylenes is 1. The molecule has 8 amide bonds. The number of nitrogens with zero attached hydrogens (tertiary/aromatic N) is 4. The van der Waals surface area contributed by atoms with E-state index in [0.29, 0.717) is 89.3 Å². The van der Waals surface area contributed by atoms with Crippen molar-refractivity contribution in [2.45, 2.75) is 74.5 Å². The molecule has 8 rings (SSSR count). The quantitative estimate of drug-likeness (QED) is 0.110. The molecule has 19 nitrogen and oxygen atoms in total. The van der Waals surface area contributed by atoms with E-state index in [-0.39, 0.29) is 53.4 Å². The minimum atomic E-state index is -0.978. The van der Waals surface area contributed by atoms with Crippen molar-refractivity contribution in [1.82, 2.24) is 30.7 Å². The summed E-state index contributed by atoms with van der Waals surface area (Å²) < 4.78 is 15.1. The van der Waals surface area contributed by atoms with E-state index in [9.17, 15) is 38.9 Å². The molecule has 0 aromatic heterocycles. The molecule has 0 radical (unpaired) electrons. The van der Waals surface area contributed by atoms with Gasteiger partial charge in [-0.3, -0.25) is 29.5 Å². The lowest BCUT2D eigenvalue weighted by molar-refractivity contribution is -0.384. The maximum absolute atomic E-state index is 13.1. The summed E-state index contributed by atoms with van der Waals surface area (Å²) >= 11 is 4.92. The first-order valence-corrected chi connectivity index (χ1v) is 20.1. The van der Waals surface area contributed by atoms with E-state index in [1.165, 1.54) is 34.1 Å². The monoisotopic (exact) mass is 850 g/mol. The molecule has 6 saturated heterocycles. The van der Waals surface area contributed by atoms with Gasteiger partial charge in [-0.05, 0) is 94.8 Å². The van der Waals surface area contributed by atoms with Crippen molar-refractivity contribution in [3.05, 3.63) is 64.2 Å². The Labute approximate surface area is 350 Å². The predicted molar refractivity (Wildman–Crippen MR) is 215 cm³/mol. The summed E-state index contributed by atoms with van der Waals surface area (Å²) in [6, 6.07) is 11.2. The number of ether oxygens (including phenoxy) is 3. The van der Waals surface area contributed by atoms with E-state index >= 15 is 0 Å². The first kappa shape index (κ1) is 43.8. The third-order valence-electron chi connectivity index (χ3n) is 11.4. The molecule has 0 bridgehead atoms. The van der Waals surface area contributed by atoms with Gasteiger partial charge in [0.25, 0.3) is 17.5 Å². The molecule has 6 aliphatic rings. The van der Waals surface area contributed by atoms with Gasteiger partial charge in [-0.2, -0.15) is 0 Å². The number of non-ortho nitro benzene ring substituents is 1. The minimum Gasteiger partial charge on any atom is -0.414 e. The molecule has 2 spiro atoms. The van der Waals surface area contributed by atoms with Crippen molar-refractivity contribution in [1.29, 1.82) is 0 Å². The lowest BCUT2D eigenvalue weighted by Gasteiger charge is -2.37. The van der Waals surface area contributed by atoms with Crippen LogP contribution in [-0.4, -0.2) is 131 Å². The molecule has 20 heteroatoms. The van der Waals surface area contributed by atoms with Gasteiger partial charge in [-0.25, -0.2) is 19.2 Å². The van der Waals surface area contributed by atoms with Crippen LogP contribution in [0.4, 0.5) is 30.6 Å². The summed E-state index contributed by atoms with van der Waals surface area (Å²) in [7, 11) is 0.